The van der Waals surface area contributed by atoms with Crippen molar-refractivity contribution in [2.24, 2.45) is 0 Å². The van der Waals surface area contributed by atoms with E-state index in [9.17, 15) is 0 Å². The maximum absolute atomic E-state index is 5.88. The molecule has 1 fully saturated rings. The summed E-state index contributed by atoms with van der Waals surface area (Å²) in [7, 11) is 0. The molecule has 2 heterocycles. The number of rotatable bonds is 2. The standard InChI is InChI=1S/C11H12ClN3O/c12-7-1-2-9-10(5-7)16-11(15-9)14-8-3-4-13-6-8/h1-2,5,8,13H,3-4,6H2,(H,14,15)/t8-/m1/s1. The number of nitrogens with zero attached hydrogens (tertiary/aromatic N) is 1. The van der Waals surface area contributed by atoms with Gasteiger partial charge in [0.2, 0.25) is 0 Å². The van der Waals surface area contributed by atoms with Crippen molar-refractivity contribution in [2.45, 2.75) is 12.5 Å². The van der Waals surface area contributed by atoms with E-state index in [1.54, 1.807) is 6.07 Å². The molecule has 16 heavy (non-hydrogen) atoms. The molecule has 1 aliphatic rings. The topological polar surface area (TPSA) is 50.1 Å². The molecule has 0 bridgehead atoms. The van der Waals surface area contributed by atoms with Gasteiger partial charge in [-0.05, 0) is 25.1 Å². The largest absolute Gasteiger partial charge is 0.423 e. The highest BCUT2D eigenvalue weighted by Crippen LogP contribution is 2.23. The number of anilines is 1. The lowest BCUT2D eigenvalue weighted by Gasteiger charge is -2.07. The van der Waals surface area contributed by atoms with E-state index in [2.05, 4.69) is 15.6 Å². The summed E-state index contributed by atoms with van der Waals surface area (Å²) in [6.07, 6.45) is 1.10. The first kappa shape index (κ1) is 9.93. The van der Waals surface area contributed by atoms with Gasteiger partial charge in [0.15, 0.2) is 5.58 Å². The van der Waals surface area contributed by atoms with Crippen LogP contribution in [0.2, 0.25) is 5.02 Å². The van der Waals surface area contributed by atoms with Crippen molar-refractivity contribution in [2.75, 3.05) is 18.4 Å². The summed E-state index contributed by atoms with van der Waals surface area (Å²) >= 11 is 5.88. The van der Waals surface area contributed by atoms with E-state index >= 15 is 0 Å². The number of aromatic nitrogens is 1. The highest BCUT2D eigenvalue weighted by atomic mass is 35.5. The van der Waals surface area contributed by atoms with Gasteiger partial charge in [0.25, 0.3) is 6.01 Å². The Morgan fingerprint density at radius 3 is 3.25 bits per heavy atom. The summed E-state index contributed by atoms with van der Waals surface area (Å²) in [5.41, 5.74) is 1.55. The number of fused-ring (bicyclic) bond motifs is 1. The molecule has 0 amide bonds. The van der Waals surface area contributed by atoms with Gasteiger partial charge in [-0.3, -0.25) is 0 Å². The zero-order valence-electron chi connectivity index (χ0n) is 8.66. The first-order valence-corrected chi connectivity index (χ1v) is 5.72. The number of hydrogen-bond acceptors (Lipinski definition) is 4. The molecule has 0 spiro atoms. The maximum Gasteiger partial charge on any atom is 0.295 e. The normalized spacial score (nSPS) is 20.4. The number of nitrogens with one attached hydrogen (secondary N) is 2. The highest BCUT2D eigenvalue weighted by Gasteiger charge is 2.16. The van der Waals surface area contributed by atoms with Crippen LogP contribution < -0.4 is 10.6 Å². The molecule has 0 saturated carbocycles. The zero-order valence-corrected chi connectivity index (χ0v) is 9.42. The van der Waals surface area contributed by atoms with E-state index in [-0.39, 0.29) is 0 Å². The van der Waals surface area contributed by atoms with Crippen LogP contribution in [0.3, 0.4) is 0 Å². The van der Waals surface area contributed by atoms with Crippen LogP contribution in [-0.4, -0.2) is 24.1 Å². The summed E-state index contributed by atoms with van der Waals surface area (Å²) < 4.78 is 5.58. The van der Waals surface area contributed by atoms with Crippen molar-refractivity contribution in [1.82, 2.24) is 10.3 Å². The van der Waals surface area contributed by atoms with Crippen LogP contribution >= 0.6 is 11.6 Å². The average Bonchev–Trinajstić information content (AvgIpc) is 2.86. The van der Waals surface area contributed by atoms with Crippen LogP contribution in [0.25, 0.3) is 11.1 Å². The second-order valence-corrected chi connectivity index (χ2v) is 4.40. The summed E-state index contributed by atoms with van der Waals surface area (Å²) in [6, 6.07) is 6.43. The Bertz CT molecular complexity index is 505. The van der Waals surface area contributed by atoms with Gasteiger partial charge in [-0.15, -0.1) is 0 Å². The van der Waals surface area contributed by atoms with Crippen LogP contribution in [0, 0.1) is 0 Å². The molecule has 2 aromatic rings. The van der Waals surface area contributed by atoms with Crippen molar-refractivity contribution in [3.05, 3.63) is 23.2 Å². The van der Waals surface area contributed by atoms with Crippen LogP contribution in [0.5, 0.6) is 0 Å². The smallest absolute Gasteiger partial charge is 0.295 e. The molecule has 1 aliphatic heterocycles. The molecular weight excluding hydrogens is 226 g/mol. The summed E-state index contributed by atoms with van der Waals surface area (Å²) in [4.78, 5) is 4.35. The summed E-state index contributed by atoms with van der Waals surface area (Å²) in [6.45, 7) is 2.00. The second kappa shape index (κ2) is 3.96. The van der Waals surface area contributed by atoms with E-state index in [1.807, 2.05) is 12.1 Å². The zero-order chi connectivity index (χ0) is 11.0. The van der Waals surface area contributed by atoms with Gasteiger partial charge >= 0.3 is 0 Å². The predicted octanol–water partition coefficient (Wildman–Crippen LogP) is 2.25. The molecule has 84 valence electrons. The molecule has 0 radical (unpaired) electrons. The monoisotopic (exact) mass is 237 g/mol. The number of halogens is 1. The fourth-order valence-corrected chi connectivity index (χ4v) is 2.07. The lowest BCUT2D eigenvalue weighted by molar-refractivity contribution is 0.599. The Labute approximate surface area is 98.0 Å². The van der Waals surface area contributed by atoms with Crippen LogP contribution in [0.4, 0.5) is 6.01 Å². The molecule has 3 rings (SSSR count). The van der Waals surface area contributed by atoms with E-state index in [4.69, 9.17) is 16.0 Å². The van der Waals surface area contributed by atoms with Gasteiger partial charge in [-0.1, -0.05) is 11.6 Å². The summed E-state index contributed by atoms with van der Waals surface area (Å²) in [5, 5.41) is 7.21. The van der Waals surface area contributed by atoms with Gasteiger partial charge in [-0.2, -0.15) is 4.98 Å². The molecule has 5 heteroatoms. The van der Waals surface area contributed by atoms with Crippen molar-refractivity contribution < 1.29 is 4.42 Å². The van der Waals surface area contributed by atoms with E-state index in [0.717, 1.165) is 30.6 Å². The molecule has 1 aromatic carbocycles. The Hall–Kier alpha value is -1.26. The van der Waals surface area contributed by atoms with E-state index in [1.165, 1.54) is 0 Å². The van der Waals surface area contributed by atoms with E-state index in [0.29, 0.717) is 17.1 Å². The fourth-order valence-electron chi connectivity index (χ4n) is 1.91. The molecule has 1 saturated heterocycles. The molecule has 0 aliphatic carbocycles. The minimum atomic E-state index is 0.406. The average molecular weight is 238 g/mol. The Balaban J connectivity index is 1.86. The minimum Gasteiger partial charge on any atom is -0.423 e. The third-order valence-corrected chi connectivity index (χ3v) is 2.97. The molecule has 4 nitrogen and oxygen atoms in total. The Kier molecular flexibility index (Phi) is 2.46. The first-order valence-electron chi connectivity index (χ1n) is 5.34. The third-order valence-electron chi connectivity index (χ3n) is 2.74. The van der Waals surface area contributed by atoms with E-state index < -0.39 is 0 Å². The molecule has 2 N–H and O–H groups in total. The SMILES string of the molecule is Clc1ccc2nc(N[C@@H]3CCNC3)oc2c1. The van der Waals surface area contributed by atoms with Crippen LogP contribution in [-0.2, 0) is 0 Å². The van der Waals surface area contributed by atoms with Gasteiger partial charge < -0.3 is 15.1 Å². The Morgan fingerprint density at radius 2 is 2.44 bits per heavy atom. The number of benzene rings is 1. The quantitative estimate of drug-likeness (QED) is 0.841. The lowest BCUT2D eigenvalue weighted by atomic mass is 10.3. The fraction of sp³-hybridized carbons (Fsp3) is 0.364. The molecule has 0 unspecified atom stereocenters. The number of oxazole rings is 1. The van der Waals surface area contributed by atoms with Crippen LogP contribution in [0.15, 0.2) is 22.6 Å². The number of hydrogen-bond donors (Lipinski definition) is 2. The summed E-state index contributed by atoms with van der Waals surface area (Å²) in [5.74, 6) is 0. The molecular formula is C11H12ClN3O. The van der Waals surface area contributed by atoms with Gasteiger partial charge in [0.1, 0.15) is 5.52 Å². The van der Waals surface area contributed by atoms with Crippen LogP contribution in [0.1, 0.15) is 6.42 Å². The Morgan fingerprint density at radius 1 is 1.50 bits per heavy atom. The molecule has 1 atom stereocenters. The van der Waals surface area contributed by atoms with Crippen molar-refractivity contribution in [1.29, 1.82) is 0 Å². The van der Waals surface area contributed by atoms with Gasteiger partial charge in [-0.25, -0.2) is 0 Å². The van der Waals surface area contributed by atoms with Crippen molar-refractivity contribution in [3.63, 3.8) is 0 Å². The maximum atomic E-state index is 5.88. The minimum absolute atomic E-state index is 0.406. The highest BCUT2D eigenvalue weighted by molar-refractivity contribution is 6.31. The molecule has 1 aromatic heterocycles. The van der Waals surface area contributed by atoms with Crippen molar-refractivity contribution in [3.8, 4) is 0 Å². The van der Waals surface area contributed by atoms with Gasteiger partial charge in [0.05, 0.1) is 0 Å². The first-order chi connectivity index (χ1) is 7.81. The van der Waals surface area contributed by atoms with Crippen molar-refractivity contribution >= 4 is 28.7 Å². The second-order valence-electron chi connectivity index (χ2n) is 3.97. The van der Waals surface area contributed by atoms with Gasteiger partial charge in [0, 0.05) is 23.7 Å². The lowest BCUT2D eigenvalue weighted by Crippen LogP contribution is -2.22. The predicted molar refractivity (Wildman–Crippen MR) is 63.9 cm³/mol. The third kappa shape index (κ3) is 1.86.